The monoisotopic (exact) mass is 453 g/mol. The van der Waals surface area contributed by atoms with Crippen molar-refractivity contribution in [3.05, 3.63) is 110 Å². The van der Waals surface area contributed by atoms with E-state index in [4.69, 9.17) is 0 Å². The second kappa shape index (κ2) is 15.3. The molecule has 6 nitrogen and oxygen atoms in total. The third kappa shape index (κ3) is 7.79. The Morgan fingerprint density at radius 2 is 0.611 bits per heavy atom. The van der Waals surface area contributed by atoms with Gasteiger partial charge in [-0.3, -0.25) is 15.0 Å². The summed E-state index contributed by atoms with van der Waals surface area (Å²) in [7, 11) is 0. The average molecular weight is 453 g/mol. The van der Waals surface area contributed by atoms with Gasteiger partial charge in [-0.1, -0.05) is 90.0 Å². The quantitative estimate of drug-likeness (QED) is 0.213. The van der Waals surface area contributed by atoms with E-state index < -0.39 is 0 Å². The molecule has 0 saturated carbocycles. The zero-order valence-corrected chi connectivity index (χ0v) is 20.5. The largest absolute Gasteiger partial charge is 1.00 e. The summed E-state index contributed by atoms with van der Waals surface area (Å²) in [5, 5.41) is 36.1. The van der Waals surface area contributed by atoms with Crippen molar-refractivity contribution in [2.24, 2.45) is 0 Å². The Morgan fingerprint density at radius 3 is 0.861 bits per heavy atom. The van der Waals surface area contributed by atoms with Crippen LogP contribution in [0.1, 0.15) is 0 Å². The smallest absolute Gasteiger partial charge is 0.871 e. The van der Waals surface area contributed by atoms with E-state index in [1.165, 1.54) is 18.2 Å². The standard InChI is InChI=1S/3C9H7NO.3Li/c3*11-8-5-1-3-7-4-2-6-10-9(7)8;;;/h3*1-6,11H;;;/q;;;3*+1/p-3. The molecule has 0 amide bonds. The summed E-state index contributed by atoms with van der Waals surface area (Å²) >= 11 is 0. The molecule has 36 heavy (non-hydrogen) atoms. The van der Waals surface area contributed by atoms with Gasteiger partial charge < -0.3 is 15.3 Å². The van der Waals surface area contributed by atoms with Crippen LogP contribution in [0.5, 0.6) is 17.2 Å². The molecule has 3 aromatic carbocycles. The molecule has 6 rings (SSSR count). The zero-order chi connectivity index (χ0) is 23.0. The van der Waals surface area contributed by atoms with Crippen LogP contribution < -0.4 is 71.9 Å². The number of fused-ring (bicyclic) bond motifs is 3. The number of rotatable bonds is 0. The minimum absolute atomic E-state index is 0. The fourth-order valence-electron chi connectivity index (χ4n) is 3.23. The number of aromatic nitrogens is 3. The van der Waals surface area contributed by atoms with Gasteiger partial charge in [0.2, 0.25) is 0 Å². The Morgan fingerprint density at radius 1 is 0.361 bits per heavy atom. The van der Waals surface area contributed by atoms with Gasteiger partial charge in [-0.25, -0.2) is 0 Å². The minimum atomic E-state index is -0.0110. The normalized spacial score (nSPS) is 9.33. The van der Waals surface area contributed by atoms with E-state index in [9.17, 15) is 15.3 Å². The van der Waals surface area contributed by atoms with Crippen molar-refractivity contribution in [2.75, 3.05) is 0 Å². The van der Waals surface area contributed by atoms with Crippen LogP contribution in [0.3, 0.4) is 0 Å². The first-order chi connectivity index (χ1) is 16.1. The van der Waals surface area contributed by atoms with Crippen molar-refractivity contribution in [1.82, 2.24) is 15.0 Å². The van der Waals surface area contributed by atoms with Crippen LogP contribution in [0.2, 0.25) is 0 Å². The van der Waals surface area contributed by atoms with Crippen LogP contribution >= 0.6 is 0 Å². The minimum Gasteiger partial charge on any atom is -0.871 e. The molecule has 0 saturated heterocycles. The number of hydrogen-bond acceptors (Lipinski definition) is 6. The molecular weight excluding hydrogens is 435 g/mol. The molecule has 0 atom stereocenters. The summed E-state index contributed by atoms with van der Waals surface area (Å²) in [5.74, 6) is -0.0331. The number of para-hydroxylation sites is 3. The van der Waals surface area contributed by atoms with Crippen molar-refractivity contribution in [3.63, 3.8) is 0 Å². The number of benzene rings is 3. The molecule has 9 heteroatoms. The van der Waals surface area contributed by atoms with Gasteiger partial charge in [0.05, 0.1) is 16.6 Å². The van der Waals surface area contributed by atoms with Crippen molar-refractivity contribution < 1.29 is 71.9 Å². The summed E-state index contributed by atoms with van der Waals surface area (Å²) in [6.45, 7) is 0. The zero-order valence-electron chi connectivity index (χ0n) is 20.5. The van der Waals surface area contributed by atoms with Crippen molar-refractivity contribution in [2.45, 2.75) is 0 Å². The summed E-state index contributed by atoms with van der Waals surface area (Å²) in [5.41, 5.74) is 1.65. The Balaban J connectivity index is 0.000000259. The number of pyridine rings is 3. The second-order valence-electron chi connectivity index (χ2n) is 6.99. The van der Waals surface area contributed by atoms with Gasteiger partial charge in [0.15, 0.2) is 0 Å². The van der Waals surface area contributed by atoms with E-state index in [-0.39, 0.29) is 73.8 Å². The first-order valence-electron chi connectivity index (χ1n) is 10.2. The molecule has 0 fully saturated rings. The molecule has 0 radical (unpaired) electrons. The molecule has 0 unspecified atom stereocenters. The number of hydrogen-bond donors (Lipinski definition) is 0. The Kier molecular flexibility index (Phi) is 13.2. The third-order valence-corrected chi connectivity index (χ3v) is 4.79. The van der Waals surface area contributed by atoms with E-state index in [0.717, 1.165) is 16.2 Å². The topological polar surface area (TPSA) is 108 Å². The Hall–Kier alpha value is -2.92. The molecule has 3 heterocycles. The van der Waals surface area contributed by atoms with E-state index in [1.54, 1.807) is 36.8 Å². The second-order valence-corrected chi connectivity index (χ2v) is 6.99. The fourth-order valence-corrected chi connectivity index (χ4v) is 3.23. The van der Waals surface area contributed by atoms with Crippen LogP contribution in [0, 0.1) is 0 Å². The molecule has 3 aromatic heterocycles. The van der Waals surface area contributed by atoms with Gasteiger partial charge in [-0.15, -0.1) is 0 Å². The van der Waals surface area contributed by atoms with E-state index in [1.807, 2.05) is 54.6 Å². The van der Waals surface area contributed by atoms with Crippen LogP contribution in [0.4, 0.5) is 0 Å². The van der Waals surface area contributed by atoms with Crippen LogP contribution in [-0.4, -0.2) is 15.0 Å². The van der Waals surface area contributed by atoms with Crippen molar-refractivity contribution in [1.29, 1.82) is 0 Å². The molecule has 0 aliphatic carbocycles. The van der Waals surface area contributed by atoms with Gasteiger partial charge in [0.1, 0.15) is 0 Å². The predicted molar refractivity (Wildman–Crippen MR) is 124 cm³/mol. The first kappa shape index (κ1) is 31.1. The van der Waals surface area contributed by atoms with E-state index >= 15 is 0 Å². The fraction of sp³-hybridized carbons (Fsp3) is 0. The van der Waals surface area contributed by atoms with Crippen molar-refractivity contribution >= 4 is 32.7 Å². The summed E-state index contributed by atoms with van der Waals surface area (Å²) in [6, 6.07) is 26.5. The van der Waals surface area contributed by atoms with Gasteiger partial charge in [0.25, 0.3) is 0 Å². The van der Waals surface area contributed by atoms with Crippen LogP contribution in [0.15, 0.2) is 110 Å². The summed E-state index contributed by atoms with van der Waals surface area (Å²) in [4.78, 5) is 11.9. The summed E-state index contributed by atoms with van der Waals surface area (Å²) < 4.78 is 0. The Bertz CT molecular complexity index is 1330. The van der Waals surface area contributed by atoms with E-state index in [0.29, 0.717) is 16.6 Å². The average Bonchev–Trinajstić information content (AvgIpc) is 2.86. The third-order valence-electron chi connectivity index (χ3n) is 4.79. The molecular formula is C27H18Li3N3O3. The molecule has 0 bridgehead atoms. The first-order valence-corrected chi connectivity index (χ1v) is 10.2. The van der Waals surface area contributed by atoms with Crippen LogP contribution in [0.25, 0.3) is 32.7 Å². The molecule has 162 valence electrons. The van der Waals surface area contributed by atoms with Gasteiger partial charge >= 0.3 is 56.6 Å². The van der Waals surface area contributed by atoms with Gasteiger partial charge in [-0.05, 0) is 34.4 Å². The Labute approximate surface area is 245 Å². The van der Waals surface area contributed by atoms with E-state index in [2.05, 4.69) is 15.0 Å². The molecule has 6 aromatic rings. The predicted octanol–water partition coefficient (Wildman–Crippen LogP) is -5.06. The van der Waals surface area contributed by atoms with Crippen molar-refractivity contribution in [3.8, 4) is 17.2 Å². The molecule has 0 aliphatic heterocycles. The van der Waals surface area contributed by atoms with Crippen LogP contribution in [-0.2, 0) is 0 Å². The molecule has 0 spiro atoms. The molecule has 0 N–H and O–H groups in total. The van der Waals surface area contributed by atoms with Gasteiger partial charge in [-0.2, -0.15) is 0 Å². The maximum absolute atomic E-state index is 11.1. The SMILES string of the molecule is [Li+].[Li+].[Li+].[O-]c1cccc2cccnc12.[O-]c1cccc2cccnc12.[O-]c1cccc2cccnc12. The number of nitrogens with zero attached hydrogens (tertiary/aromatic N) is 3. The molecule has 0 aliphatic rings. The summed E-state index contributed by atoms with van der Waals surface area (Å²) in [6.07, 6.45) is 4.89. The maximum Gasteiger partial charge on any atom is 1.00 e. The van der Waals surface area contributed by atoms with Gasteiger partial charge in [0, 0.05) is 18.6 Å². The maximum atomic E-state index is 11.1.